The molecule has 25 heavy (non-hydrogen) atoms. The number of para-hydroxylation sites is 1. The van der Waals surface area contributed by atoms with Gasteiger partial charge < -0.3 is 25.2 Å². The molecule has 0 bridgehead atoms. The van der Waals surface area contributed by atoms with Crippen molar-refractivity contribution in [3.8, 4) is 11.5 Å². The lowest BCUT2D eigenvalue weighted by Gasteiger charge is -2.12. The summed E-state index contributed by atoms with van der Waals surface area (Å²) in [6, 6.07) is 5.41. The van der Waals surface area contributed by atoms with E-state index >= 15 is 0 Å². The summed E-state index contributed by atoms with van der Waals surface area (Å²) in [7, 11) is 1.54. The highest BCUT2D eigenvalue weighted by Gasteiger charge is 2.07. The number of benzene rings is 1. The lowest BCUT2D eigenvalue weighted by molar-refractivity contribution is 0.129. The number of unbranched alkanes of at least 4 members (excludes halogenated alkanes) is 1. The third-order valence-electron chi connectivity index (χ3n) is 3.45. The molecule has 1 rings (SSSR count). The molecule has 0 aliphatic carbocycles. The maximum atomic E-state index is 10.1. The molecule has 1 aromatic carbocycles. The quantitative estimate of drug-likeness (QED) is 0.203. The normalized spacial score (nSPS) is 10.9. The maximum Gasteiger partial charge on any atom is 0.191 e. The van der Waals surface area contributed by atoms with E-state index in [1.807, 2.05) is 19.1 Å². The lowest BCUT2D eigenvalue weighted by atomic mass is 10.2. The van der Waals surface area contributed by atoms with E-state index in [9.17, 15) is 5.11 Å². The van der Waals surface area contributed by atoms with Gasteiger partial charge in [0.2, 0.25) is 0 Å². The number of halogens is 1. The van der Waals surface area contributed by atoms with Gasteiger partial charge in [-0.2, -0.15) is 0 Å². The van der Waals surface area contributed by atoms with Crippen LogP contribution in [-0.2, 0) is 11.3 Å². The molecule has 0 heterocycles. The van der Waals surface area contributed by atoms with Crippen molar-refractivity contribution in [2.24, 2.45) is 4.99 Å². The van der Waals surface area contributed by atoms with Gasteiger partial charge in [0.05, 0.1) is 13.7 Å². The molecule has 7 heteroatoms. The van der Waals surface area contributed by atoms with Crippen molar-refractivity contribution in [2.75, 3.05) is 33.4 Å². The summed E-state index contributed by atoms with van der Waals surface area (Å²) in [6.07, 6.45) is 3.20. The molecule has 0 radical (unpaired) electrons. The van der Waals surface area contributed by atoms with E-state index in [0.29, 0.717) is 12.3 Å². The van der Waals surface area contributed by atoms with E-state index in [4.69, 9.17) is 9.47 Å². The number of phenolic OH excluding ortho intramolecular Hbond substituents is 1. The van der Waals surface area contributed by atoms with Gasteiger partial charge in [-0.15, -0.1) is 24.0 Å². The van der Waals surface area contributed by atoms with Gasteiger partial charge in [0.1, 0.15) is 0 Å². The van der Waals surface area contributed by atoms with Crippen LogP contribution in [0.1, 0.15) is 38.7 Å². The first-order valence-electron chi connectivity index (χ1n) is 8.67. The summed E-state index contributed by atoms with van der Waals surface area (Å²) in [4.78, 5) is 4.51. The number of aromatic hydroxyl groups is 1. The number of aliphatic imine (C=N–C) groups is 1. The predicted molar refractivity (Wildman–Crippen MR) is 113 cm³/mol. The molecule has 0 spiro atoms. The summed E-state index contributed by atoms with van der Waals surface area (Å²) in [5.74, 6) is 1.34. The fourth-order valence-corrected chi connectivity index (χ4v) is 2.10. The molecule has 0 unspecified atom stereocenters. The summed E-state index contributed by atoms with van der Waals surface area (Å²) >= 11 is 0. The van der Waals surface area contributed by atoms with Crippen molar-refractivity contribution in [2.45, 2.75) is 39.7 Å². The first kappa shape index (κ1) is 23.8. The van der Waals surface area contributed by atoms with E-state index in [1.165, 1.54) is 7.11 Å². The molecule has 0 aliphatic heterocycles. The second kappa shape index (κ2) is 15.1. The molecule has 0 saturated heterocycles. The minimum Gasteiger partial charge on any atom is -0.504 e. The number of nitrogens with one attached hydrogen (secondary N) is 2. The average Bonchev–Trinajstić information content (AvgIpc) is 2.59. The zero-order valence-electron chi connectivity index (χ0n) is 15.5. The van der Waals surface area contributed by atoms with Crippen LogP contribution in [0.2, 0.25) is 0 Å². The Kier molecular flexibility index (Phi) is 14.3. The van der Waals surface area contributed by atoms with Gasteiger partial charge in [-0.3, -0.25) is 0 Å². The third-order valence-corrected chi connectivity index (χ3v) is 3.45. The number of rotatable bonds is 11. The summed E-state index contributed by atoms with van der Waals surface area (Å²) in [5, 5.41) is 16.6. The van der Waals surface area contributed by atoms with Crippen LogP contribution >= 0.6 is 24.0 Å². The minimum absolute atomic E-state index is 0. The Hall–Kier alpha value is -1.22. The summed E-state index contributed by atoms with van der Waals surface area (Å²) in [5.41, 5.74) is 0.731. The van der Waals surface area contributed by atoms with Gasteiger partial charge >= 0.3 is 0 Å². The Morgan fingerprint density at radius 2 is 1.92 bits per heavy atom. The van der Waals surface area contributed by atoms with Crippen molar-refractivity contribution in [3.05, 3.63) is 23.8 Å². The molecule has 144 valence electrons. The highest BCUT2D eigenvalue weighted by atomic mass is 127. The van der Waals surface area contributed by atoms with Gasteiger partial charge in [-0.05, 0) is 25.8 Å². The van der Waals surface area contributed by atoms with E-state index in [2.05, 4.69) is 22.5 Å². The zero-order valence-corrected chi connectivity index (χ0v) is 17.8. The number of guanidine groups is 1. The first-order valence-corrected chi connectivity index (χ1v) is 8.67. The number of ether oxygens (including phenoxy) is 2. The van der Waals surface area contributed by atoms with Crippen molar-refractivity contribution in [1.29, 1.82) is 0 Å². The topological polar surface area (TPSA) is 75.1 Å². The molecule has 3 N–H and O–H groups in total. The van der Waals surface area contributed by atoms with Crippen molar-refractivity contribution in [1.82, 2.24) is 10.6 Å². The first-order chi connectivity index (χ1) is 11.7. The fourth-order valence-electron chi connectivity index (χ4n) is 2.10. The smallest absolute Gasteiger partial charge is 0.191 e. The van der Waals surface area contributed by atoms with Gasteiger partial charge in [-0.1, -0.05) is 25.5 Å². The van der Waals surface area contributed by atoms with E-state index in [0.717, 1.165) is 57.1 Å². The van der Waals surface area contributed by atoms with Crippen LogP contribution in [0.25, 0.3) is 0 Å². The van der Waals surface area contributed by atoms with E-state index in [-0.39, 0.29) is 29.7 Å². The third kappa shape index (κ3) is 9.74. The zero-order chi connectivity index (χ0) is 17.6. The molecule has 0 aliphatic rings. The SMILES string of the molecule is CCCCOCCCNC(=NCc1cccc(OC)c1O)NCC.I. The van der Waals surface area contributed by atoms with E-state index in [1.54, 1.807) is 6.07 Å². The number of hydrogen-bond acceptors (Lipinski definition) is 4. The second-order valence-corrected chi connectivity index (χ2v) is 5.41. The van der Waals surface area contributed by atoms with Crippen LogP contribution in [0.5, 0.6) is 11.5 Å². The maximum absolute atomic E-state index is 10.1. The lowest BCUT2D eigenvalue weighted by Crippen LogP contribution is -2.38. The second-order valence-electron chi connectivity index (χ2n) is 5.41. The molecular weight excluding hydrogens is 433 g/mol. The molecule has 0 aromatic heterocycles. The van der Waals surface area contributed by atoms with Crippen LogP contribution in [-0.4, -0.2) is 44.5 Å². The average molecular weight is 465 g/mol. The molecule has 0 fully saturated rings. The monoisotopic (exact) mass is 465 g/mol. The van der Waals surface area contributed by atoms with Gasteiger partial charge in [0.25, 0.3) is 0 Å². The Bertz CT molecular complexity index is 498. The molecule has 0 amide bonds. The summed E-state index contributed by atoms with van der Waals surface area (Å²) in [6.45, 7) is 7.72. The van der Waals surface area contributed by atoms with Crippen LogP contribution in [0, 0.1) is 0 Å². The molecule has 1 aromatic rings. The van der Waals surface area contributed by atoms with Crippen LogP contribution in [0.15, 0.2) is 23.2 Å². The molecule has 0 saturated carbocycles. The van der Waals surface area contributed by atoms with Crippen molar-refractivity contribution < 1.29 is 14.6 Å². The Morgan fingerprint density at radius 1 is 1.16 bits per heavy atom. The highest BCUT2D eigenvalue weighted by Crippen LogP contribution is 2.29. The summed E-state index contributed by atoms with van der Waals surface area (Å²) < 4.78 is 10.7. The fraction of sp³-hybridized carbons (Fsp3) is 0.611. The Labute approximate surface area is 168 Å². The van der Waals surface area contributed by atoms with Crippen molar-refractivity contribution in [3.63, 3.8) is 0 Å². The number of methoxy groups -OCH3 is 1. The number of hydrogen-bond donors (Lipinski definition) is 3. The van der Waals surface area contributed by atoms with Gasteiger partial charge in [0.15, 0.2) is 17.5 Å². The van der Waals surface area contributed by atoms with Crippen LogP contribution in [0.3, 0.4) is 0 Å². The van der Waals surface area contributed by atoms with E-state index < -0.39 is 0 Å². The Morgan fingerprint density at radius 3 is 2.60 bits per heavy atom. The van der Waals surface area contributed by atoms with Crippen LogP contribution in [0.4, 0.5) is 0 Å². The highest BCUT2D eigenvalue weighted by molar-refractivity contribution is 14.0. The van der Waals surface area contributed by atoms with Gasteiger partial charge in [0, 0.05) is 31.9 Å². The number of phenols is 1. The molecular formula is C18H32IN3O3. The van der Waals surface area contributed by atoms with Crippen molar-refractivity contribution >= 4 is 29.9 Å². The molecule has 6 nitrogen and oxygen atoms in total. The molecule has 0 atom stereocenters. The largest absolute Gasteiger partial charge is 0.504 e. The van der Waals surface area contributed by atoms with Gasteiger partial charge in [-0.25, -0.2) is 4.99 Å². The predicted octanol–water partition coefficient (Wildman–Crippen LogP) is 3.28. The van der Waals surface area contributed by atoms with Crippen LogP contribution < -0.4 is 15.4 Å². The standard InChI is InChI=1S/C18H31N3O3.HI/c1-4-6-12-24-13-8-11-20-18(19-5-2)21-14-15-9-7-10-16(23-3)17(15)22;/h7,9-10,22H,4-6,8,11-14H2,1-3H3,(H2,19,20,21);1H. The minimum atomic E-state index is 0. The Balaban J connectivity index is 0.00000576. The number of nitrogens with zero attached hydrogens (tertiary/aromatic N) is 1.